The number of carboxylic acid groups (broad SMARTS) is 1. The molecule has 0 aromatic heterocycles. The zero-order chi connectivity index (χ0) is 14.0. The van der Waals surface area contributed by atoms with Crippen LogP contribution in [0.1, 0.15) is 26.2 Å². The zero-order valence-corrected chi connectivity index (χ0v) is 10.9. The number of hydrogen-bond donors (Lipinski definition) is 3. The number of likely N-dealkylation sites (tertiary alicyclic amines) is 1. The molecule has 2 aliphatic rings. The molecule has 7 heteroatoms. The molecule has 3 amide bonds. The Kier molecular flexibility index (Phi) is 3.92. The van der Waals surface area contributed by atoms with Gasteiger partial charge in [-0.25, -0.2) is 4.79 Å². The van der Waals surface area contributed by atoms with Gasteiger partial charge < -0.3 is 20.6 Å². The minimum atomic E-state index is -1.05. The predicted molar refractivity (Wildman–Crippen MR) is 66.5 cm³/mol. The summed E-state index contributed by atoms with van der Waals surface area (Å²) in [5, 5.41) is 14.2. The van der Waals surface area contributed by atoms with Gasteiger partial charge in [0.05, 0.1) is 0 Å². The molecule has 0 bridgehead atoms. The molecular formula is C12H19N3O4. The highest BCUT2D eigenvalue weighted by Crippen LogP contribution is 2.25. The number of nitrogens with one attached hydrogen (secondary N) is 2. The van der Waals surface area contributed by atoms with Gasteiger partial charge in [0.15, 0.2) is 0 Å². The quantitative estimate of drug-likeness (QED) is 0.645. The Morgan fingerprint density at radius 2 is 2.21 bits per heavy atom. The Hall–Kier alpha value is -1.79. The first-order chi connectivity index (χ1) is 8.97. The van der Waals surface area contributed by atoms with Crippen LogP contribution in [-0.4, -0.2) is 53.1 Å². The lowest BCUT2D eigenvalue weighted by atomic mass is 9.85. The van der Waals surface area contributed by atoms with Crippen molar-refractivity contribution in [3.63, 3.8) is 0 Å². The van der Waals surface area contributed by atoms with E-state index in [1.807, 2.05) is 0 Å². The maximum Gasteiger partial charge on any atom is 0.325 e. The van der Waals surface area contributed by atoms with Gasteiger partial charge in [0.2, 0.25) is 5.91 Å². The number of amides is 3. The summed E-state index contributed by atoms with van der Waals surface area (Å²) in [6, 6.07) is -1.08. The second kappa shape index (κ2) is 5.46. The fourth-order valence-electron chi connectivity index (χ4n) is 2.63. The summed E-state index contributed by atoms with van der Waals surface area (Å²) < 4.78 is 0. The van der Waals surface area contributed by atoms with Crippen molar-refractivity contribution in [3.8, 4) is 0 Å². The average Bonchev–Trinajstić information content (AvgIpc) is 2.37. The Bertz CT molecular complexity index is 398. The number of aliphatic carboxylic acids is 1. The Morgan fingerprint density at radius 1 is 1.47 bits per heavy atom. The van der Waals surface area contributed by atoms with Gasteiger partial charge in [-0.15, -0.1) is 0 Å². The van der Waals surface area contributed by atoms with Crippen LogP contribution in [0.5, 0.6) is 0 Å². The Balaban J connectivity index is 1.88. The van der Waals surface area contributed by atoms with Crippen LogP contribution in [0.2, 0.25) is 0 Å². The van der Waals surface area contributed by atoms with Gasteiger partial charge in [-0.1, -0.05) is 0 Å². The number of carbonyl (C=O) groups excluding carboxylic acids is 2. The number of hydrogen-bond acceptors (Lipinski definition) is 3. The predicted octanol–water partition coefficient (Wildman–Crippen LogP) is -0.230. The SMILES string of the molecule is CC(NC(=O)N1CCC2NC(=O)CCC2C1)C(=O)O. The third-order valence-electron chi connectivity index (χ3n) is 3.82. The van der Waals surface area contributed by atoms with Crippen molar-refractivity contribution < 1.29 is 19.5 Å². The number of piperidine rings is 2. The van der Waals surface area contributed by atoms with E-state index < -0.39 is 12.0 Å². The molecule has 7 nitrogen and oxygen atoms in total. The second-order valence-corrected chi connectivity index (χ2v) is 5.22. The molecule has 0 aromatic carbocycles. The van der Waals surface area contributed by atoms with Crippen molar-refractivity contribution in [2.45, 2.75) is 38.3 Å². The van der Waals surface area contributed by atoms with Gasteiger partial charge in [-0.3, -0.25) is 9.59 Å². The van der Waals surface area contributed by atoms with Crippen LogP contribution in [0.25, 0.3) is 0 Å². The summed E-state index contributed by atoms with van der Waals surface area (Å²) in [5.41, 5.74) is 0. The van der Waals surface area contributed by atoms with Crippen LogP contribution >= 0.6 is 0 Å². The molecule has 3 N–H and O–H groups in total. The van der Waals surface area contributed by atoms with Crippen LogP contribution in [0, 0.1) is 5.92 Å². The zero-order valence-electron chi connectivity index (χ0n) is 10.9. The molecule has 3 unspecified atom stereocenters. The molecule has 2 fully saturated rings. The molecule has 19 heavy (non-hydrogen) atoms. The van der Waals surface area contributed by atoms with Gasteiger partial charge >= 0.3 is 12.0 Å². The van der Waals surface area contributed by atoms with Crippen molar-refractivity contribution in [1.29, 1.82) is 0 Å². The molecule has 2 aliphatic heterocycles. The lowest BCUT2D eigenvalue weighted by Gasteiger charge is -2.41. The van der Waals surface area contributed by atoms with Crippen LogP contribution in [-0.2, 0) is 9.59 Å². The van der Waals surface area contributed by atoms with Gasteiger partial charge in [0.25, 0.3) is 0 Å². The molecule has 0 spiro atoms. The first-order valence-electron chi connectivity index (χ1n) is 6.55. The average molecular weight is 269 g/mol. The van der Waals surface area contributed by atoms with E-state index >= 15 is 0 Å². The number of carbonyl (C=O) groups is 3. The summed E-state index contributed by atoms with van der Waals surface area (Å²) in [7, 11) is 0. The van der Waals surface area contributed by atoms with E-state index in [9.17, 15) is 14.4 Å². The molecule has 0 aliphatic carbocycles. The normalized spacial score (nSPS) is 28.1. The fourth-order valence-corrected chi connectivity index (χ4v) is 2.63. The van der Waals surface area contributed by atoms with Crippen LogP contribution in [0.4, 0.5) is 4.79 Å². The maximum atomic E-state index is 11.9. The number of rotatable bonds is 2. The fraction of sp³-hybridized carbons (Fsp3) is 0.750. The lowest BCUT2D eigenvalue weighted by Crippen LogP contribution is -2.57. The topological polar surface area (TPSA) is 98.7 Å². The van der Waals surface area contributed by atoms with Gasteiger partial charge in [-0.2, -0.15) is 0 Å². The first-order valence-corrected chi connectivity index (χ1v) is 6.55. The van der Waals surface area contributed by atoms with Crippen LogP contribution < -0.4 is 10.6 Å². The smallest absolute Gasteiger partial charge is 0.325 e. The largest absolute Gasteiger partial charge is 0.480 e. The van der Waals surface area contributed by atoms with E-state index in [1.165, 1.54) is 6.92 Å². The summed E-state index contributed by atoms with van der Waals surface area (Å²) >= 11 is 0. The molecule has 0 saturated carbocycles. The highest BCUT2D eigenvalue weighted by atomic mass is 16.4. The van der Waals surface area contributed by atoms with Gasteiger partial charge in [0.1, 0.15) is 6.04 Å². The molecule has 106 valence electrons. The minimum Gasteiger partial charge on any atom is -0.480 e. The van der Waals surface area contributed by atoms with E-state index in [4.69, 9.17) is 5.11 Å². The van der Waals surface area contributed by atoms with Crippen molar-refractivity contribution in [1.82, 2.24) is 15.5 Å². The highest BCUT2D eigenvalue weighted by Gasteiger charge is 2.35. The Labute approximate surface area is 111 Å². The summed E-state index contributed by atoms with van der Waals surface area (Å²) in [5.74, 6) is -0.691. The van der Waals surface area contributed by atoms with Crippen LogP contribution in [0.3, 0.4) is 0 Å². The summed E-state index contributed by atoms with van der Waals surface area (Å²) in [4.78, 5) is 35.5. The highest BCUT2D eigenvalue weighted by molar-refractivity contribution is 5.82. The first kappa shape index (κ1) is 13.6. The maximum absolute atomic E-state index is 11.9. The third-order valence-corrected chi connectivity index (χ3v) is 3.82. The number of nitrogens with zero attached hydrogens (tertiary/aromatic N) is 1. The Morgan fingerprint density at radius 3 is 2.89 bits per heavy atom. The van der Waals surface area contributed by atoms with E-state index in [-0.39, 0.29) is 23.9 Å². The number of fused-ring (bicyclic) bond motifs is 1. The van der Waals surface area contributed by atoms with Crippen molar-refractivity contribution in [2.75, 3.05) is 13.1 Å². The number of carboxylic acids is 1. The molecule has 2 heterocycles. The molecule has 0 aromatic rings. The van der Waals surface area contributed by atoms with Crippen molar-refractivity contribution in [2.24, 2.45) is 5.92 Å². The van der Waals surface area contributed by atoms with Crippen molar-refractivity contribution >= 4 is 17.9 Å². The second-order valence-electron chi connectivity index (χ2n) is 5.22. The molecule has 3 atom stereocenters. The minimum absolute atomic E-state index is 0.0821. The van der Waals surface area contributed by atoms with E-state index in [0.29, 0.717) is 19.5 Å². The number of urea groups is 1. The summed E-state index contributed by atoms with van der Waals surface area (Å²) in [6.07, 6.45) is 2.02. The molecular weight excluding hydrogens is 250 g/mol. The van der Waals surface area contributed by atoms with Crippen LogP contribution in [0.15, 0.2) is 0 Å². The monoisotopic (exact) mass is 269 g/mol. The molecule has 0 radical (unpaired) electrons. The van der Waals surface area contributed by atoms with Gasteiger partial charge in [-0.05, 0) is 25.7 Å². The molecule has 2 saturated heterocycles. The van der Waals surface area contributed by atoms with E-state index in [2.05, 4.69) is 10.6 Å². The molecule has 2 rings (SSSR count). The van der Waals surface area contributed by atoms with E-state index in [0.717, 1.165) is 12.8 Å². The van der Waals surface area contributed by atoms with Crippen molar-refractivity contribution in [3.05, 3.63) is 0 Å². The van der Waals surface area contributed by atoms with E-state index in [1.54, 1.807) is 4.90 Å². The van der Waals surface area contributed by atoms with Gasteiger partial charge in [0, 0.05) is 25.6 Å². The summed E-state index contributed by atoms with van der Waals surface area (Å²) in [6.45, 7) is 2.55. The lowest BCUT2D eigenvalue weighted by molar-refractivity contribution is -0.138. The third kappa shape index (κ3) is 3.15. The standard InChI is InChI=1S/C12H19N3O4/c1-7(11(17)18)13-12(19)15-5-4-9-8(6-15)2-3-10(16)14-9/h7-9H,2-6H2,1H3,(H,13,19)(H,14,16)(H,17,18).